The zero-order valence-corrected chi connectivity index (χ0v) is 10.8. The van der Waals surface area contributed by atoms with E-state index < -0.39 is 0 Å². The number of hydrazine groups is 1. The second-order valence-electron chi connectivity index (χ2n) is 5.01. The SMILES string of the molecule is Cc1cc2ccccc2nc1NN1CCCCC1. The van der Waals surface area contributed by atoms with Crippen LogP contribution in [-0.2, 0) is 0 Å². The minimum Gasteiger partial charge on any atom is -0.303 e. The quantitative estimate of drug-likeness (QED) is 0.874. The van der Waals surface area contributed by atoms with Crippen LogP contribution in [0.1, 0.15) is 24.8 Å². The maximum absolute atomic E-state index is 4.72. The van der Waals surface area contributed by atoms with E-state index in [9.17, 15) is 0 Å². The van der Waals surface area contributed by atoms with E-state index in [1.807, 2.05) is 6.07 Å². The highest BCUT2D eigenvalue weighted by Crippen LogP contribution is 2.20. The molecule has 1 N–H and O–H groups in total. The molecule has 1 aromatic heterocycles. The van der Waals surface area contributed by atoms with Gasteiger partial charge in [-0.2, -0.15) is 0 Å². The van der Waals surface area contributed by atoms with Gasteiger partial charge in [-0.05, 0) is 37.5 Å². The van der Waals surface area contributed by atoms with Crippen LogP contribution in [0.4, 0.5) is 5.82 Å². The lowest BCUT2D eigenvalue weighted by atomic mass is 10.1. The summed E-state index contributed by atoms with van der Waals surface area (Å²) in [7, 11) is 0. The molecule has 0 atom stereocenters. The Morgan fingerprint density at radius 1 is 1.11 bits per heavy atom. The molecule has 18 heavy (non-hydrogen) atoms. The third kappa shape index (κ3) is 2.31. The fourth-order valence-electron chi connectivity index (χ4n) is 2.49. The van der Waals surface area contributed by atoms with E-state index in [2.05, 4.69) is 41.6 Å². The van der Waals surface area contributed by atoms with E-state index in [1.54, 1.807) is 0 Å². The molecule has 0 aliphatic carbocycles. The van der Waals surface area contributed by atoms with Gasteiger partial charge in [-0.3, -0.25) is 0 Å². The highest BCUT2D eigenvalue weighted by molar-refractivity contribution is 5.81. The summed E-state index contributed by atoms with van der Waals surface area (Å²) in [6, 6.07) is 10.5. The molecule has 1 saturated heterocycles. The van der Waals surface area contributed by atoms with Crippen molar-refractivity contribution in [2.24, 2.45) is 0 Å². The zero-order chi connectivity index (χ0) is 12.4. The summed E-state index contributed by atoms with van der Waals surface area (Å²) in [6.07, 6.45) is 3.90. The van der Waals surface area contributed by atoms with Gasteiger partial charge in [0.15, 0.2) is 0 Å². The molecule has 3 nitrogen and oxygen atoms in total. The zero-order valence-electron chi connectivity index (χ0n) is 10.8. The molecule has 1 aromatic carbocycles. The summed E-state index contributed by atoms with van der Waals surface area (Å²) in [4.78, 5) is 4.72. The average molecular weight is 241 g/mol. The minimum absolute atomic E-state index is 0.996. The molecule has 0 saturated carbocycles. The number of fused-ring (bicyclic) bond motifs is 1. The number of piperidine rings is 1. The summed E-state index contributed by atoms with van der Waals surface area (Å²) >= 11 is 0. The first-order chi connectivity index (χ1) is 8.83. The Hall–Kier alpha value is -1.61. The van der Waals surface area contributed by atoms with Gasteiger partial charge >= 0.3 is 0 Å². The van der Waals surface area contributed by atoms with Crippen molar-refractivity contribution in [3.8, 4) is 0 Å². The third-order valence-corrected chi connectivity index (χ3v) is 3.53. The molecule has 0 spiro atoms. The highest BCUT2D eigenvalue weighted by atomic mass is 15.5. The van der Waals surface area contributed by atoms with Crippen LogP contribution in [0.3, 0.4) is 0 Å². The molecular weight excluding hydrogens is 222 g/mol. The van der Waals surface area contributed by atoms with Crippen molar-refractivity contribution in [1.29, 1.82) is 0 Å². The number of benzene rings is 1. The molecule has 0 bridgehead atoms. The summed E-state index contributed by atoms with van der Waals surface area (Å²) < 4.78 is 0. The largest absolute Gasteiger partial charge is 0.303 e. The van der Waals surface area contributed by atoms with Crippen molar-refractivity contribution < 1.29 is 0 Å². The van der Waals surface area contributed by atoms with E-state index in [4.69, 9.17) is 4.98 Å². The smallest absolute Gasteiger partial charge is 0.143 e. The normalized spacial score (nSPS) is 16.9. The lowest BCUT2D eigenvalue weighted by molar-refractivity contribution is 0.272. The van der Waals surface area contributed by atoms with Gasteiger partial charge in [0.25, 0.3) is 0 Å². The van der Waals surface area contributed by atoms with E-state index >= 15 is 0 Å². The van der Waals surface area contributed by atoms with Gasteiger partial charge in [0.05, 0.1) is 5.52 Å². The number of pyridine rings is 1. The Bertz CT molecular complexity index is 544. The number of nitrogens with one attached hydrogen (secondary N) is 1. The molecule has 1 aliphatic heterocycles. The van der Waals surface area contributed by atoms with Gasteiger partial charge in [-0.1, -0.05) is 24.6 Å². The number of aryl methyl sites for hydroxylation is 1. The molecule has 0 unspecified atom stereocenters. The molecule has 94 valence electrons. The predicted molar refractivity (Wildman–Crippen MR) is 75.5 cm³/mol. The first kappa shape index (κ1) is 11.5. The predicted octanol–water partition coefficient (Wildman–Crippen LogP) is 3.36. The molecule has 1 fully saturated rings. The van der Waals surface area contributed by atoms with E-state index in [0.717, 1.165) is 24.4 Å². The Labute approximate surface area is 108 Å². The number of para-hydroxylation sites is 1. The fourth-order valence-corrected chi connectivity index (χ4v) is 2.49. The Kier molecular flexibility index (Phi) is 3.15. The van der Waals surface area contributed by atoms with Crippen LogP contribution < -0.4 is 5.43 Å². The van der Waals surface area contributed by atoms with E-state index in [1.165, 1.54) is 30.2 Å². The van der Waals surface area contributed by atoms with Crippen molar-refractivity contribution in [1.82, 2.24) is 9.99 Å². The summed E-state index contributed by atoms with van der Waals surface area (Å²) in [5.74, 6) is 0.996. The van der Waals surface area contributed by atoms with Crippen molar-refractivity contribution in [3.63, 3.8) is 0 Å². The summed E-state index contributed by atoms with van der Waals surface area (Å²) in [5.41, 5.74) is 5.73. The third-order valence-electron chi connectivity index (χ3n) is 3.53. The monoisotopic (exact) mass is 241 g/mol. The molecule has 3 rings (SSSR count). The van der Waals surface area contributed by atoms with Crippen LogP contribution in [0, 0.1) is 6.92 Å². The van der Waals surface area contributed by atoms with Crippen molar-refractivity contribution in [3.05, 3.63) is 35.9 Å². The maximum Gasteiger partial charge on any atom is 0.143 e. The number of aromatic nitrogens is 1. The standard InChI is InChI=1S/C15H19N3/c1-12-11-13-7-3-4-8-14(13)16-15(12)17-18-9-5-2-6-10-18/h3-4,7-8,11H,2,5-6,9-10H2,1H3,(H,16,17). The summed E-state index contributed by atoms with van der Waals surface area (Å²) in [5, 5.41) is 3.49. The van der Waals surface area contributed by atoms with Gasteiger partial charge in [0, 0.05) is 18.5 Å². The lowest BCUT2D eigenvalue weighted by Gasteiger charge is -2.28. The molecule has 3 heteroatoms. The van der Waals surface area contributed by atoms with E-state index in [0.29, 0.717) is 0 Å². The molecular formula is C15H19N3. The van der Waals surface area contributed by atoms with Gasteiger partial charge in [0.1, 0.15) is 5.82 Å². The Morgan fingerprint density at radius 2 is 1.89 bits per heavy atom. The van der Waals surface area contributed by atoms with Crippen LogP contribution in [0.2, 0.25) is 0 Å². The topological polar surface area (TPSA) is 28.2 Å². The van der Waals surface area contributed by atoms with Gasteiger partial charge in [-0.15, -0.1) is 0 Å². The number of hydrogen-bond donors (Lipinski definition) is 1. The van der Waals surface area contributed by atoms with Crippen LogP contribution in [0.15, 0.2) is 30.3 Å². The van der Waals surface area contributed by atoms with Crippen LogP contribution >= 0.6 is 0 Å². The number of hydrogen-bond acceptors (Lipinski definition) is 3. The average Bonchev–Trinajstić information content (AvgIpc) is 2.41. The summed E-state index contributed by atoms with van der Waals surface area (Å²) in [6.45, 7) is 4.35. The first-order valence-corrected chi connectivity index (χ1v) is 6.71. The number of rotatable bonds is 2. The lowest BCUT2D eigenvalue weighted by Crippen LogP contribution is -2.35. The maximum atomic E-state index is 4.72. The highest BCUT2D eigenvalue weighted by Gasteiger charge is 2.11. The second-order valence-corrected chi connectivity index (χ2v) is 5.01. The second kappa shape index (κ2) is 4.94. The van der Waals surface area contributed by atoms with Crippen LogP contribution in [0.5, 0.6) is 0 Å². The molecule has 2 aromatic rings. The minimum atomic E-state index is 0.996. The molecule has 0 amide bonds. The Morgan fingerprint density at radius 3 is 2.72 bits per heavy atom. The van der Waals surface area contributed by atoms with Gasteiger partial charge in [0.2, 0.25) is 0 Å². The van der Waals surface area contributed by atoms with Gasteiger partial charge < -0.3 is 5.43 Å². The van der Waals surface area contributed by atoms with Crippen molar-refractivity contribution in [2.75, 3.05) is 18.5 Å². The van der Waals surface area contributed by atoms with Crippen molar-refractivity contribution in [2.45, 2.75) is 26.2 Å². The van der Waals surface area contributed by atoms with Gasteiger partial charge in [-0.25, -0.2) is 9.99 Å². The Balaban J connectivity index is 1.88. The van der Waals surface area contributed by atoms with E-state index in [-0.39, 0.29) is 0 Å². The molecule has 1 aliphatic rings. The number of anilines is 1. The fraction of sp³-hybridized carbons (Fsp3) is 0.400. The molecule has 2 heterocycles. The van der Waals surface area contributed by atoms with Crippen LogP contribution in [0.25, 0.3) is 10.9 Å². The van der Waals surface area contributed by atoms with Crippen LogP contribution in [-0.4, -0.2) is 23.1 Å². The molecule has 0 radical (unpaired) electrons. The first-order valence-electron chi connectivity index (χ1n) is 6.71. The number of nitrogens with zero attached hydrogens (tertiary/aromatic N) is 2. The van der Waals surface area contributed by atoms with Crippen molar-refractivity contribution >= 4 is 16.7 Å².